The van der Waals surface area contributed by atoms with Crippen molar-refractivity contribution in [1.29, 1.82) is 0 Å². The van der Waals surface area contributed by atoms with Gasteiger partial charge in [0, 0.05) is 29.8 Å². The molecule has 160 valence electrons. The lowest BCUT2D eigenvalue weighted by atomic mass is 10.1. The van der Waals surface area contributed by atoms with E-state index in [1.807, 2.05) is 6.07 Å². The lowest BCUT2D eigenvalue weighted by Crippen LogP contribution is -2.60. The molecule has 1 fully saturated rings. The number of aromatic nitrogens is 1. The van der Waals surface area contributed by atoms with Gasteiger partial charge in [0.05, 0.1) is 7.11 Å². The summed E-state index contributed by atoms with van der Waals surface area (Å²) in [6.45, 7) is 5.65. The Hall–Kier alpha value is -2.20. The number of nitrogens with one attached hydrogen (secondary N) is 2. The van der Waals surface area contributed by atoms with E-state index >= 15 is 0 Å². The number of hydrazine groups is 1. The zero-order chi connectivity index (χ0) is 21.6. The quantitative estimate of drug-likeness (QED) is 0.632. The standard InChI is InChI=1S/C19H27BrN4O5/c1-19(2,3)29-18(27)22-15(9-12-8-13(20)11-21-10-12)16(25)24-7-5-6-14(23-24)17(26)28-4/h8,10-11,14-15,23H,5-7,9H2,1-4H3,(H,22,27)/t14?,15-/m0/s1. The van der Waals surface area contributed by atoms with Gasteiger partial charge in [0.25, 0.3) is 5.91 Å². The first-order valence-corrected chi connectivity index (χ1v) is 10.1. The second-order valence-electron chi connectivity index (χ2n) is 7.75. The van der Waals surface area contributed by atoms with E-state index in [2.05, 4.69) is 31.7 Å². The van der Waals surface area contributed by atoms with Gasteiger partial charge in [-0.2, -0.15) is 0 Å². The van der Waals surface area contributed by atoms with Gasteiger partial charge < -0.3 is 14.8 Å². The zero-order valence-electron chi connectivity index (χ0n) is 17.0. The normalized spacial score (nSPS) is 18.0. The van der Waals surface area contributed by atoms with Gasteiger partial charge in [-0.25, -0.2) is 10.2 Å². The monoisotopic (exact) mass is 470 g/mol. The van der Waals surface area contributed by atoms with E-state index in [4.69, 9.17) is 9.47 Å². The van der Waals surface area contributed by atoms with Crippen LogP contribution in [0.3, 0.4) is 0 Å². The second kappa shape index (κ2) is 10.0. The number of amides is 2. The first-order valence-electron chi connectivity index (χ1n) is 9.33. The number of alkyl carbamates (subject to hydrolysis) is 1. The Balaban J connectivity index is 2.17. The number of hydrogen-bond acceptors (Lipinski definition) is 7. The summed E-state index contributed by atoms with van der Waals surface area (Å²) in [5.74, 6) is -0.806. The molecule has 2 N–H and O–H groups in total. The first kappa shape index (κ1) is 23.1. The van der Waals surface area contributed by atoms with E-state index in [9.17, 15) is 14.4 Å². The maximum Gasteiger partial charge on any atom is 0.408 e. The number of esters is 1. The number of pyridine rings is 1. The summed E-state index contributed by atoms with van der Waals surface area (Å²) in [5.41, 5.74) is 2.95. The summed E-state index contributed by atoms with van der Waals surface area (Å²) in [6.07, 6.45) is 3.98. The Morgan fingerprint density at radius 1 is 1.38 bits per heavy atom. The molecule has 1 aromatic heterocycles. The third-order valence-corrected chi connectivity index (χ3v) is 4.56. The molecule has 0 aromatic carbocycles. The van der Waals surface area contributed by atoms with Crippen LogP contribution in [-0.2, 0) is 25.5 Å². The average molecular weight is 471 g/mol. The van der Waals surface area contributed by atoms with Crippen LogP contribution in [0.5, 0.6) is 0 Å². The van der Waals surface area contributed by atoms with Gasteiger partial charge in [-0.15, -0.1) is 0 Å². The van der Waals surface area contributed by atoms with Crippen molar-refractivity contribution < 1.29 is 23.9 Å². The van der Waals surface area contributed by atoms with Crippen LogP contribution in [0.2, 0.25) is 0 Å². The molecule has 10 heteroatoms. The Morgan fingerprint density at radius 3 is 2.72 bits per heavy atom. The van der Waals surface area contributed by atoms with Gasteiger partial charge in [-0.1, -0.05) is 0 Å². The maximum atomic E-state index is 13.2. The van der Waals surface area contributed by atoms with Crippen molar-refractivity contribution >= 4 is 33.9 Å². The molecule has 2 heterocycles. The third-order valence-electron chi connectivity index (χ3n) is 4.13. The molecule has 1 aromatic rings. The molecule has 9 nitrogen and oxygen atoms in total. The molecule has 2 amide bonds. The van der Waals surface area contributed by atoms with Crippen LogP contribution in [0.15, 0.2) is 22.9 Å². The highest BCUT2D eigenvalue weighted by molar-refractivity contribution is 9.10. The highest BCUT2D eigenvalue weighted by atomic mass is 79.9. The van der Waals surface area contributed by atoms with Crippen LogP contribution in [-0.4, -0.2) is 59.3 Å². The molecule has 1 aliphatic heterocycles. The molecule has 0 radical (unpaired) electrons. The minimum atomic E-state index is -0.898. The van der Waals surface area contributed by atoms with Crippen molar-refractivity contribution in [3.8, 4) is 0 Å². The van der Waals surface area contributed by atoms with Crippen molar-refractivity contribution in [3.05, 3.63) is 28.5 Å². The van der Waals surface area contributed by atoms with Gasteiger partial charge in [0.1, 0.15) is 17.7 Å². The van der Waals surface area contributed by atoms with Gasteiger partial charge >= 0.3 is 12.1 Å². The number of ether oxygens (including phenoxy) is 2. The minimum absolute atomic E-state index is 0.214. The van der Waals surface area contributed by atoms with Crippen molar-refractivity contribution in [3.63, 3.8) is 0 Å². The van der Waals surface area contributed by atoms with E-state index in [0.29, 0.717) is 19.4 Å². The molecule has 0 spiro atoms. The predicted octanol–water partition coefficient (Wildman–Crippen LogP) is 1.95. The fourth-order valence-electron chi connectivity index (χ4n) is 2.90. The predicted molar refractivity (Wildman–Crippen MR) is 109 cm³/mol. The summed E-state index contributed by atoms with van der Waals surface area (Å²) in [5, 5.41) is 4.00. The lowest BCUT2D eigenvalue weighted by molar-refractivity contribution is -0.150. The van der Waals surface area contributed by atoms with Crippen molar-refractivity contribution in [2.24, 2.45) is 0 Å². The Morgan fingerprint density at radius 2 is 2.10 bits per heavy atom. The van der Waals surface area contributed by atoms with E-state index in [1.165, 1.54) is 12.1 Å². The summed E-state index contributed by atoms with van der Waals surface area (Å²) < 4.78 is 10.8. The number of halogens is 1. The maximum absolute atomic E-state index is 13.2. The molecule has 29 heavy (non-hydrogen) atoms. The number of rotatable bonds is 5. The highest BCUT2D eigenvalue weighted by Gasteiger charge is 2.33. The van der Waals surface area contributed by atoms with Crippen LogP contribution >= 0.6 is 15.9 Å². The topological polar surface area (TPSA) is 110 Å². The minimum Gasteiger partial charge on any atom is -0.468 e. The van der Waals surface area contributed by atoms with E-state index in [1.54, 1.807) is 33.2 Å². The number of hydrogen-bond donors (Lipinski definition) is 2. The Bertz CT molecular complexity index is 752. The summed E-state index contributed by atoms with van der Waals surface area (Å²) in [7, 11) is 1.30. The van der Waals surface area contributed by atoms with E-state index in [-0.39, 0.29) is 12.3 Å². The molecule has 0 aliphatic carbocycles. The van der Waals surface area contributed by atoms with Gasteiger partial charge in [0.2, 0.25) is 0 Å². The van der Waals surface area contributed by atoms with Crippen LogP contribution < -0.4 is 10.7 Å². The fourth-order valence-corrected chi connectivity index (χ4v) is 3.31. The molecular weight excluding hydrogens is 444 g/mol. The average Bonchev–Trinajstić information content (AvgIpc) is 2.65. The molecule has 1 aliphatic rings. The molecule has 0 saturated carbocycles. The van der Waals surface area contributed by atoms with E-state index in [0.717, 1.165) is 10.0 Å². The molecule has 1 saturated heterocycles. The lowest BCUT2D eigenvalue weighted by Gasteiger charge is -2.35. The number of methoxy groups -OCH3 is 1. The fraction of sp³-hybridized carbons (Fsp3) is 0.579. The van der Waals surface area contributed by atoms with Crippen LogP contribution in [0.25, 0.3) is 0 Å². The largest absolute Gasteiger partial charge is 0.468 e. The molecule has 2 atom stereocenters. The third kappa shape index (κ3) is 7.28. The van der Waals surface area contributed by atoms with Gasteiger partial charge in [-0.3, -0.25) is 19.6 Å². The van der Waals surface area contributed by atoms with Crippen molar-refractivity contribution in [1.82, 2.24) is 20.7 Å². The smallest absolute Gasteiger partial charge is 0.408 e. The SMILES string of the molecule is COC(=O)C1CCCN(C(=O)[C@H](Cc2cncc(Br)c2)NC(=O)OC(C)(C)C)N1. The van der Waals surface area contributed by atoms with Gasteiger partial charge in [-0.05, 0) is 61.2 Å². The summed E-state index contributed by atoms with van der Waals surface area (Å²) in [6, 6.07) is 0.322. The number of carbonyl (C=O) groups is 3. The first-order chi connectivity index (χ1) is 13.6. The number of nitrogens with zero attached hydrogens (tertiary/aromatic N) is 2. The Labute approximate surface area is 178 Å². The summed E-state index contributed by atoms with van der Waals surface area (Å²) in [4.78, 5) is 41.4. The van der Waals surface area contributed by atoms with Crippen molar-refractivity contribution in [2.75, 3.05) is 13.7 Å². The molecule has 1 unspecified atom stereocenters. The number of carbonyl (C=O) groups excluding carboxylic acids is 3. The van der Waals surface area contributed by atoms with Crippen LogP contribution in [0.1, 0.15) is 39.2 Å². The second-order valence-corrected chi connectivity index (χ2v) is 8.67. The summed E-state index contributed by atoms with van der Waals surface area (Å²) >= 11 is 3.35. The molecule has 0 bridgehead atoms. The van der Waals surface area contributed by atoms with Crippen molar-refractivity contribution in [2.45, 2.75) is 57.7 Å². The molecular formula is C19H27BrN4O5. The zero-order valence-corrected chi connectivity index (χ0v) is 18.6. The molecule has 2 rings (SSSR count). The van der Waals surface area contributed by atoms with Crippen LogP contribution in [0.4, 0.5) is 4.79 Å². The van der Waals surface area contributed by atoms with E-state index < -0.39 is 29.7 Å². The Kier molecular flexibility index (Phi) is 7.97. The van der Waals surface area contributed by atoms with Crippen LogP contribution in [0, 0.1) is 0 Å². The van der Waals surface area contributed by atoms with Gasteiger partial charge in [0.15, 0.2) is 0 Å². The highest BCUT2D eigenvalue weighted by Crippen LogP contribution is 2.15.